The number of piperidine rings is 1. The lowest BCUT2D eigenvalue weighted by molar-refractivity contribution is 0.0676. The third kappa shape index (κ3) is 4.16. The van der Waals surface area contributed by atoms with E-state index in [1.54, 1.807) is 12.4 Å². The zero-order valence-corrected chi connectivity index (χ0v) is 15.2. The third-order valence-corrected chi connectivity index (χ3v) is 4.66. The Bertz CT molecular complexity index is 727. The van der Waals surface area contributed by atoms with Gasteiger partial charge in [-0.1, -0.05) is 39.0 Å². The van der Waals surface area contributed by atoms with Crippen LogP contribution in [0.3, 0.4) is 0 Å². The van der Waals surface area contributed by atoms with Gasteiger partial charge in [-0.15, -0.1) is 0 Å². The average Bonchev–Trinajstić information content (AvgIpc) is 2.62. The standard InChI is InChI=1S/C20H26N4O/c1-14(2)16-8-4-5-9-17(16)23-19-12-21-18(11-22-19)20(25)24-10-6-7-15(3)13-24/h4-5,8-9,11-12,14-15H,6-7,10,13H2,1-3H3,(H,22,23). The molecule has 1 amide bonds. The van der Waals surface area contributed by atoms with Gasteiger partial charge in [-0.25, -0.2) is 9.97 Å². The molecular weight excluding hydrogens is 312 g/mol. The van der Waals surface area contributed by atoms with Crippen molar-refractivity contribution in [2.24, 2.45) is 5.92 Å². The molecule has 0 aliphatic carbocycles. The maximum absolute atomic E-state index is 12.6. The molecule has 2 heterocycles. The normalized spacial score (nSPS) is 17.6. The van der Waals surface area contributed by atoms with Crippen molar-refractivity contribution in [3.63, 3.8) is 0 Å². The first-order valence-electron chi connectivity index (χ1n) is 9.02. The van der Waals surface area contributed by atoms with E-state index in [2.05, 4.69) is 42.1 Å². The van der Waals surface area contributed by atoms with Crippen molar-refractivity contribution < 1.29 is 4.79 Å². The highest BCUT2D eigenvalue weighted by atomic mass is 16.2. The van der Waals surface area contributed by atoms with Crippen LogP contribution in [-0.4, -0.2) is 33.9 Å². The first-order valence-corrected chi connectivity index (χ1v) is 9.02. The molecule has 5 heteroatoms. The topological polar surface area (TPSA) is 58.1 Å². The maximum atomic E-state index is 12.6. The van der Waals surface area contributed by atoms with Crippen LogP contribution in [0.4, 0.5) is 11.5 Å². The largest absolute Gasteiger partial charge is 0.339 e. The number of para-hydroxylation sites is 1. The molecule has 1 atom stereocenters. The molecule has 1 fully saturated rings. The summed E-state index contributed by atoms with van der Waals surface area (Å²) in [6.45, 7) is 8.13. The third-order valence-electron chi connectivity index (χ3n) is 4.66. The summed E-state index contributed by atoms with van der Waals surface area (Å²) in [4.78, 5) is 23.2. The molecule has 1 aliphatic heterocycles. The SMILES string of the molecule is CC1CCCN(C(=O)c2cnc(Nc3ccccc3C(C)C)cn2)C1. The second kappa shape index (κ2) is 7.64. The van der Waals surface area contributed by atoms with E-state index >= 15 is 0 Å². The first kappa shape index (κ1) is 17.4. The number of amides is 1. The molecule has 1 saturated heterocycles. The molecule has 132 valence electrons. The van der Waals surface area contributed by atoms with Crippen molar-refractivity contribution in [1.82, 2.24) is 14.9 Å². The van der Waals surface area contributed by atoms with Gasteiger partial charge in [0.1, 0.15) is 11.5 Å². The Morgan fingerprint density at radius 2 is 2.04 bits per heavy atom. The van der Waals surface area contributed by atoms with Crippen LogP contribution in [0.1, 0.15) is 55.6 Å². The number of anilines is 2. The molecule has 0 bridgehead atoms. The van der Waals surface area contributed by atoms with E-state index in [-0.39, 0.29) is 5.91 Å². The van der Waals surface area contributed by atoms with Gasteiger partial charge in [0.15, 0.2) is 0 Å². The van der Waals surface area contributed by atoms with Crippen molar-refractivity contribution >= 4 is 17.4 Å². The quantitative estimate of drug-likeness (QED) is 0.907. The van der Waals surface area contributed by atoms with Crippen LogP contribution in [0, 0.1) is 5.92 Å². The van der Waals surface area contributed by atoms with Crippen LogP contribution in [0.5, 0.6) is 0 Å². The Hall–Kier alpha value is -2.43. The Morgan fingerprint density at radius 3 is 2.72 bits per heavy atom. The van der Waals surface area contributed by atoms with E-state index in [0.717, 1.165) is 25.2 Å². The lowest BCUT2D eigenvalue weighted by Crippen LogP contribution is -2.39. The van der Waals surface area contributed by atoms with Gasteiger partial charge < -0.3 is 10.2 Å². The molecular formula is C20H26N4O. The molecule has 0 spiro atoms. The summed E-state index contributed by atoms with van der Waals surface area (Å²) in [6.07, 6.45) is 5.46. The van der Waals surface area contributed by atoms with E-state index in [1.807, 2.05) is 23.1 Å². The Balaban J connectivity index is 1.71. The van der Waals surface area contributed by atoms with Crippen LogP contribution >= 0.6 is 0 Å². The molecule has 1 aromatic carbocycles. The van der Waals surface area contributed by atoms with Crippen LogP contribution in [0.15, 0.2) is 36.7 Å². The van der Waals surface area contributed by atoms with Gasteiger partial charge in [0.25, 0.3) is 5.91 Å². The molecule has 3 rings (SSSR count). The monoisotopic (exact) mass is 338 g/mol. The fourth-order valence-electron chi connectivity index (χ4n) is 3.29. The minimum Gasteiger partial charge on any atom is -0.339 e. The Morgan fingerprint density at radius 1 is 1.24 bits per heavy atom. The van der Waals surface area contributed by atoms with Gasteiger partial charge in [0.05, 0.1) is 12.4 Å². The van der Waals surface area contributed by atoms with Crippen molar-refractivity contribution in [2.75, 3.05) is 18.4 Å². The number of likely N-dealkylation sites (tertiary alicyclic amines) is 1. The van der Waals surface area contributed by atoms with E-state index in [1.165, 1.54) is 12.0 Å². The lowest BCUT2D eigenvalue weighted by atomic mass is 10.0. The first-order chi connectivity index (χ1) is 12.0. The molecule has 1 N–H and O–H groups in total. The summed E-state index contributed by atoms with van der Waals surface area (Å²) in [5.41, 5.74) is 2.67. The number of carbonyl (C=O) groups excluding carboxylic acids is 1. The number of carbonyl (C=O) groups is 1. The van der Waals surface area contributed by atoms with Crippen molar-refractivity contribution in [1.29, 1.82) is 0 Å². The van der Waals surface area contributed by atoms with Crippen LogP contribution < -0.4 is 5.32 Å². The number of benzene rings is 1. The van der Waals surface area contributed by atoms with Gasteiger partial charge >= 0.3 is 0 Å². The summed E-state index contributed by atoms with van der Waals surface area (Å²) in [5.74, 6) is 1.60. The highest BCUT2D eigenvalue weighted by Gasteiger charge is 2.23. The van der Waals surface area contributed by atoms with Gasteiger partial charge in [0.2, 0.25) is 0 Å². The second-order valence-corrected chi connectivity index (χ2v) is 7.15. The van der Waals surface area contributed by atoms with Gasteiger partial charge in [0, 0.05) is 18.8 Å². The number of rotatable bonds is 4. The number of hydrogen-bond donors (Lipinski definition) is 1. The predicted octanol–water partition coefficient (Wildman–Crippen LogP) is 4.22. The molecule has 5 nitrogen and oxygen atoms in total. The fourth-order valence-corrected chi connectivity index (χ4v) is 3.29. The molecule has 2 aromatic rings. The highest BCUT2D eigenvalue weighted by Crippen LogP contribution is 2.26. The summed E-state index contributed by atoms with van der Waals surface area (Å²) in [6, 6.07) is 8.17. The molecule has 25 heavy (non-hydrogen) atoms. The zero-order chi connectivity index (χ0) is 17.8. The van der Waals surface area contributed by atoms with Crippen LogP contribution in [-0.2, 0) is 0 Å². The van der Waals surface area contributed by atoms with E-state index in [9.17, 15) is 4.79 Å². The summed E-state index contributed by atoms with van der Waals surface area (Å²) in [5, 5.41) is 3.31. The van der Waals surface area contributed by atoms with Crippen LogP contribution in [0.25, 0.3) is 0 Å². The van der Waals surface area contributed by atoms with E-state index in [0.29, 0.717) is 23.3 Å². The lowest BCUT2D eigenvalue weighted by Gasteiger charge is -2.30. The fraction of sp³-hybridized carbons (Fsp3) is 0.450. The minimum atomic E-state index is -0.0202. The number of hydrogen-bond acceptors (Lipinski definition) is 4. The van der Waals surface area contributed by atoms with Gasteiger partial charge in [-0.3, -0.25) is 4.79 Å². The van der Waals surface area contributed by atoms with E-state index < -0.39 is 0 Å². The number of aromatic nitrogens is 2. The maximum Gasteiger partial charge on any atom is 0.274 e. The highest BCUT2D eigenvalue weighted by molar-refractivity contribution is 5.92. The minimum absolute atomic E-state index is 0.0202. The van der Waals surface area contributed by atoms with Crippen LogP contribution in [0.2, 0.25) is 0 Å². The smallest absolute Gasteiger partial charge is 0.274 e. The summed E-state index contributed by atoms with van der Waals surface area (Å²) >= 11 is 0. The molecule has 0 saturated carbocycles. The summed E-state index contributed by atoms with van der Waals surface area (Å²) < 4.78 is 0. The summed E-state index contributed by atoms with van der Waals surface area (Å²) in [7, 11) is 0. The molecule has 1 aromatic heterocycles. The Labute approximate surface area is 149 Å². The molecule has 0 radical (unpaired) electrons. The average molecular weight is 338 g/mol. The van der Waals surface area contributed by atoms with Crippen molar-refractivity contribution in [2.45, 2.75) is 39.5 Å². The predicted molar refractivity (Wildman–Crippen MR) is 100 cm³/mol. The number of nitrogens with zero attached hydrogens (tertiary/aromatic N) is 3. The molecule has 1 unspecified atom stereocenters. The van der Waals surface area contributed by atoms with Gasteiger partial charge in [-0.05, 0) is 36.3 Å². The number of nitrogens with one attached hydrogen (secondary N) is 1. The zero-order valence-electron chi connectivity index (χ0n) is 15.2. The van der Waals surface area contributed by atoms with Crippen molar-refractivity contribution in [3.05, 3.63) is 47.9 Å². The molecule has 1 aliphatic rings. The Kier molecular flexibility index (Phi) is 5.31. The second-order valence-electron chi connectivity index (χ2n) is 7.15. The van der Waals surface area contributed by atoms with Gasteiger partial charge in [-0.2, -0.15) is 0 Å². The van der Waals surface area contributed by atoms with Crippen molar-refractivity contribution in [3.8, 4) is 0 Å². The van der Waals surface area contributed by atoms with E-state index in [4.69, 9.17) is 0 Å².